The van der Waals surface area contributed by atoms with E-state index in [-0.39, 0.29) is 6.04 Å². The van der Waals surface area contributed by atoms with Gasteiger partial charge in [0.15, 0.2) is 5.65 Å². The van der Waals surface area contributed by atoms with Crippen molar-refractivity contribution in [3.05, 3.63) is 35.7 Å². The lowest BCUT2D eigenvalue weighted by Gasteiger charge is -2.26. The smallest absolute Gasteiger partial charge is 0.277 e. The fourth-order valence-corrected chi connectivity index (χ4v) is 5.67. The van der Waals surface area contributed by atoms with E-state index in [0.717, 1.165) is 49.2 Å². The highest BCUT2D eigenvalue weighted by molar-refractivity contribution is 7.86. The van der Waals surface area contributed by atoms with Crippen LogP contribution in [0.15, 0.2) is 24.5 Å². The van der Waals surface area contributed by atoms with Crippen LogP contribution in [0.4, 0.5) is 11.6 Å². The summed E-state index contributed by atoms with van der Waals surface area (Å²) >= 11 is 0. The van der Waals surface area contributed by atoms with E-state index >= 15 is 0 Å². The number of ether oxygens (including phenoxy) is 1. The minimum absolute atomic E-state index is 0.243. The molecule has 11 nitrogen and oxygen atoms in total. The van der Waals surface area contributed by atoms with Gasteiger partial charge in [0, 0.05) is 31.9 Å². The first-order valence-corrected chi connectivity index (χ1v) is 12.5. The van der Waals surface area contributed by atoms with Gasteiger partial charge in [-0.2, -0.15) is 22.8 Å². The molecule has 3 aromatic rings. The van der Waals surface area contributed by atoms with Gasteiger partial charge in [0.2, 0.25) is 5.95 Å². The molecular weight excluding hydrogens is 444 g/mol. The summed E-state index contributed by atoms with van der Waals surface area (Å²) in [7, 11) is 0.0170. The van der Waals surface area contributed by atoms with Crippen LogP contribution in [0.2, 0.25) is 0 Å². The number of rotatable bonds is 6. The van der Waals surface area contributed by atoms with E-state index < -0.39 is 10.2 Å². The number of anilines is 2. The summed E-state index contributed by atoms with van der Waals surface area (Å²) in [6, 6.07) is 3.93. The molecule has 0 spiro atoms. The van der Waals surface area contributed by atoms with E-state index in [1.54, 1.807) is 24.2 Å². The van der Waals surface area contributed by atoms with Gasteiger partial charge in [-0.15, -0.1) is 0 Å². The summed E-state index contributed by atoms with van der Waals surface area (Å²) in [5.74, 6) is 1.16. The van der Waals surface area contributed by atoms with Crippen LogP contribution in [-0.2, 0) is 29.7 Å². The van der Waals surface area contributed by atoms with Crippen molar-refractivity contribution in [3.63, 3.8) is 0 Å². The van der Waals surface area contributed by atoms with E-state index in [4.69, 9.17) is 9.88 Å². The number of aromatic nitrogens is 4. The lowest BCUT2D eigenvalue weighted by molar-refractivity contribution is 0.312. The molecule has 3 N–H and O–H groups in total. The van der Waals surface area contributed by atoms with E-state index in [1.807, 2.05) is 0 Å². The largest absolute Gasteiger partial charge is 0.495 e. The summed E-state index contributed by atoms with van der Waals surface area (Å²) < 4.78 is 32.5. The second kappa shape index (κ2) is 8.52. The van der Waals surface area contributed by atoms with Crippen molar-refractivity contribution in [2.45, 2.75) is 38.4 Å². The molecule has 0 aliphatic carbocycles. The highest BCUT2D eigenvalue weighted by atomic mass is 32.2. The van der Waals surface area contributed by atoms with Crippen molar-refractivity contribution >= 4 is 32.9 Å². The Morgan fingerprint density at radius 1 is 1.24 bits per heavy atom. The summed E-state index contributed by atoms with van der Waals surface area (Å²) in [5.41, 5.74) is 3.97. The van der Waals surface area contributed by atoms with Gasteiger partial charge < -0.3 is 15.0 Å². The van der Waals surface area contributed by atoms with E-state index in [0.29, 0.717) is 24.7 Å². The van der Waals surface area contributed by atoms with Crippen molar-refractivity contribution in [2.75, 3.05) is 32.6 Å². The Balaban J connectivity index is 1.43. The predicted molar refractivity (Wildman–Crippen MR) is 124 cm³/mol. The molecule has 0 bridgehead atoms. The first kappa shape index (κ1) is 22.0. The Hall–Kier alpha value is -2.80. The Morgan fingerprint density at radius 2 is 2.09 bits per heavy atom. The molecule has 2 aromatic heterocycles. The predicted octanol–water partition coefficient (Wildman–Crippen LogP) is 1.23. The van der Waals surface area contributed by atoms with E-state index in [1.165, 1.54) is 15.4 Å². The zero-order valence-electron chi connectivity index (χ0n) is 18.7. The zero-order valence-corrected chi connectivity index (χ0v) is 19.5. The molecule has 2 aliphatic heterocycles. The van der Waals surface area contributed by atoms with Gasteiger partial charge in [0.05, 0.1) is 30.9 Å². The Labute approximate surface area is 192 Å². The number of methoxy groups -OCH3 is 1. The van der Waals surface area contributed by atoms with Gasteiger partial charge >= 0.3 is 0 Å². The Morgan fingerprint density at radius 3 is 2.88 bits per heavy atom. The van der Waals surface area contributed by atoms with Gasteiger partial charge in [0.1, 0.15) is 5.75 Å². The maximum atomic E-state index is 11.9. The molecule has 5 rings (SSSR count). The fourth-order valence-electron chi connectivity index (χ4n) is 4.70. The van der Waals surface area contributed by atoms with Crippen LogP contribution >= 0.6 is 0 Å². The molecule has 176 valence electrons. The molecule has 33 heavy (non-hydrogen) atoms. The standard InChI is InChI=1S/C21H28N8O3S/c1-27-7-5-14-9-19(32-2)18(8-15(14)12-27)25-21-23-10-16-11-24-28(20(16)26-21)13-17-4-3-6-29(17)33(22,30)31/h8-11,17H,3-7,12-13H2,1-2H3,(H2,22,30,31)(H,23,25,26). The second-order valence-corrected chi connectivity index (χ2v) is 10.2. The minimum Gasteiger partial charge on any atom is -0.495 e. The molecule has 0 saturated carbocycles. The van der Waals surface area contributed by atoms with Crippen molar-refractivity contribution < 1.29 is 13.2 Å². The fraction of sp³-hybridized carbons (Fsp3) is 0.476. The zero-order chi connectivity index (χ0) is 23.2. The van der Waals surface area contributed by atoms with Crippen LogP contribution < -0.4 is 15.2 Å². The number of hydrogen-bond acceptors (Lipinski definition) is 8. The van der Waals surface area contributed by atoms with Gasteiger partial charge in [-0.1, -0.05) is 0 Å². The van der Waals surface area contributed by atoms with Crippen LogP contribution in [0.25, 0.3) is 11.0 Å². The third-order valence-corrected chi connectivity index (χ3v) is 7.52. The first-order valence-electron chi connectivity index (χ1n) is 11.0. The van der Waals surface area contributed by atoms with Crippen molar-refractivity contribution in [3.8, 4) is 5.75 Å². The normalized spacial score (nSPS) is 19.7. The maximum absolute atomic E-state index is 11.9. The van der Waals surface area contributed by atoms with Crippen molar-refractivity contribution in [1.82, 2.24) is 29.0 Å². The molecule has 1 aromatic carbocycles. The summed E-state index contributed by atoms with van der Waals surface area (Å²) in [4.78, 5) is 11.4. The Kier molecular flexibility index (Phi) is 5.69. The SMILES string of the molecule is COc1cc2c(cc1Nc1ncc3cnn(CC4CCCN4S(N)(=O)=O)c3n1)CN(C)CC2. The molecule has 12 heteroatoms. The Bertz CT molecular complexity index is 1290. The average Bonchev–Trinajstić information content (AvgIpc) is 3.41. The van der Waals surface area contributed by atoms with Gasteiger partial charge in [0.25, 0.3) is 10.2 Å². The summed E-state index contributed by atoms with van der Waals surface area (Å²) in [5, 5.41) is 13.9. The minimum atomic E-state index is -3.75. The van der Waals surface area contributed by atoms with Gasteiger partial charge in [-0.3, -0.25) is 0 Å². The van der Waals surface area contributed by atoms with E-state index in [9.17, 15) is 8.42 Å². The van der Waals surface area contributed by atoms with E-state index in [2.05, 4.69) is 44.5 Å². The number of nitrogens with zero attached hydrogens (tertiary/aromatic N) is 6. The molecule has 1 atom stereocenters. The molecule has 0 radical (unpaired) electrons. The van der Waals surface area contributed by atoms with Crippen LogP contribution in [-0.4, -0.2) is 70.7 Å². The number of nitrogens with two attached hydrogens (primary N) is 1. The van der Waals surface area contributed by atoms with Crippen LogP contribution in [0.5, 0.6) is 5.75 Å². The summed E-state index contributed by atoms with van der Waals surface area (Å²) in [6.45, 7) is 2.71. The number of benzene rings is 1. The lowest BCUT2D eigenvalue weighted by Crippen LogP contribution is -2.42. The van der Waals surface area contributed by atoms with Crippen molar-refractivity contribution in [1.29, 1.82) is 0 Å². The van der Waals surface area contributed by atoms with Crippen LogP contribution in [0.3, 0.4) is 0 Å². The van der Waals surface area contributed by atoms with Gasteiger partial charge in [-0.25, -0.2) is 14.8 Å². The third-order valence-electron chi connectivity index (χ3n) is 6.38. The molecule has 2 aliphatic rings. The molecule has 4 heterocycles. The topological polar surface area (TPSA) is 132 Å². The number of nitrogens with one attached hydrogen (secondary N) is 1. The maximum Gasteiger partial charge on any atom is 0.277 e. The molecular formula is C21H28N8O3S. The monoisotopic (exact) mass is 472 g/mol. The number of hydrogen-bond donors (Lipinski definition) is 2. The van der Waals surface area contributed by atoms with Gasteiger partial charge in [-0.05, 0) is 49.6 Å². The number of fused-ring (bicyclic) bond motifs is 2. The summed E-state index contributed by atoms with van der Waals surface area (Å²) in [6.07, 6.45) is 5.88. The lowest BCUT2D eigenvalue weighted by atomic mass is 9.99. The van der Waals surface area contributed by atoms with Crippen molar-refractivity contribution in [2.24, 2.45) is 5.14 Å². The first-order chi connectivity index (χ1) is 15.8. The quantitative estimate of drug-likeness (QED) is 0.548. The highest BCUT2D eigenvalue weighted by Crippen LogP contribution is 2.33. The molecule has 1 unspecified atom stereocenters. The van der Waals surface area contributed by atoms with Crippen LogP contribution in [0.1, 0.15) is 24.0 Å². The highest BCUT2D eigenvalue weighted by Gasteiger charge is 2.32. The number of likely N-dealkylation sites (N-methyl/N-ethyl adjacent to an activating group) is 1. The average molecular weight is 473 g/mol. The molecule has 1 fully saturated rings. The second-order valence-electron chi connectivity index (χ2n) is 8.68. The molecule has 0 amide bonds. The third kappa shape index (κ3) is 4.38. The molecule has 1 saturated heterocycles. The van der Waals surface area contributed by atoms with Crippen LogP contribution in [0, 0.1) is 0 Å².